The molecule has 9 nitrogen and oxygen atoms in total. The topological polar surface area (TPSA) is 134 Å². The molecule has 36 heavy (non-hydrogen) atoms. The van der Waals surface area contributed by atoms with Crippen molar-refractivity contribution in [2.45, 2.75) is 0 Å². The van der Waals surface area contributed by atoms with E-state index in [2.05, 4.69) is 0 Å². The van der Waals surface area contributed by atoms with E-state index in [9.17, 15) is 25.2 Å². The number of aromatic hydroxyl groups is 4. The smallest absolute Gasteiger partial charge is 0.361 e. The van der Waals surface area contributed by atoms with Crippen molar-refractivity contribution in [1.82, 2.24) is 4.40 Å². The largest absolute Gasteiger partial charge is 0.504 e. The Morgan fingerprint density at radius 1 is 0.750 bits per heavy atom. The fourth-order valence-corrected chi connectivity index (χ4v) is 4.81. The van der Waals surface area contributed by atoms with Gasteiger partial charge >= 0.3 is 5.63 Å². The molecule has 3 heterocycles. The second-order valence-corrected chi connectivity index (χ2v) is 8.36. The van der Waals surface area contributed by atoms with Gasteiger partial charge in [0.1, 0.15) is 11.1 Å². The van der Waals surface area contributed by atoms with Crippen LogP contribution in [0, 0.1) is 0 Å². The van der Waals surface area contributed by atoms with Crippen molar-refractivity contribution in [2.24, 2.45) is 0 Å². The van der Waals surface area contributed by atoms with Crippen molar-refractivity contribution in [3.63, 3.8) is 0 Å². The number of nitrogens with zero attached hydrogens (tertiary/aromatic N) is 1. The molecule has 0 aliphatic rings. The number of rotatable bonds is 3. The summed E-state index contributed by atoms with van der Waals surface area (Å²) in [6.07, 6.45) is 1.69. The Morgan fingerprint density at radius 2 is 1.44 bits per heavy atom. The van der Waals surface area contributed by atoms with E-state index in [0.29, 0.717) is 38.2 Å². The maximum absolute atomic E-state index is 13.3. The summed E-state index contributed by atoms with van der Waals surface area (Å²) in [5, 5.41) is 43.2. The van der Waals surface area contributed by atoms with E-state index in [1.165, 1.54) is 32.4 Å². The van der Waals surface area contributed by atoms with Crippen LogP contribution in [0.15, 0.2) is 63.9 Å². The van der Waals surface area contributed by atoms with Crippen LogP contribution in [-0.4, -0.2) is 39.0 Å². The highest BCUT2D eigenvalue weighted by atomic mass is 16.5. The Kier molecular flexibility index (Phi) is 4.46. The number of hydrogen-bond donors (Lipinski definition) is 4. The van der Waals surface area contributed by atoms with Crippen LogP contribution in [0.1, 0.15) is 0 Å². The van der Waals surface area contributed by atoms with Crippen LogP contribution in [0.3, 0.4) is 0 Å². The van der Waals surface area contributed by atoms with Gasteiger partial charge in [-0.25, -0.2) is 4.79 Å². The normalized spacial score (nSPS) is 11.6. The van der Waals surface area contributed by atoms with Crippen LogP contribution in [-0.2, 0) is 0 Å². The van der Waals surface area contributed by atoms with Gasteiger partial charge in [0, 0.05) is 34.0 Å². The molecule has 0 spiro atoms. The van der Waals surface area contributed by atoms with Crippen LogP contribution in [0.2, 0.25) is 0 Å². The zero-order chi connectivity index (χ0) is 25.3. The average Bonchev–Trinajstić information content (AvgIpc) is 3.21. The lowest BCUT2D eigenvalue weighted by Crippen LogP contribution is -2.02. The molecule has 0 bridgehead atoms. The first-order valence-electron chi connectivity index (χ1n) is 10.9. The number of pyridine rings is 1. The predicted molar refractivity (Wildman–Crippen MR) is 134 cm³/mol. The van der Waals surface area contributed by atoms with E-state index in [4.69, 9.17) is 13.9 Å². The maximum Gasteiger partial charge on any atom is 0.361 e. The average molecular weight is 485 g/mol. The molecule has 0 atom stereocenters. The van der Waals surface area contributed by atoms with Crippen LogP contribution >= 0.6 is 0 Å². The first-order chi connectivity index (χ1) is 17.3. The van der Waals surface area contributed by atoms with Crippen LogP contribution in [0.4, 0.5) is 0 Å². The van der Waals surface area contributed by atoms with Gasteiger partial charge in [0.25, 0.3) is 0 Å². The number of phenolic OH excluding ortho intramolecular Hbond substituents is 4. The minimum Gasteiger partial charge on any atom is -0.504 e. The van der Waals surface area contributed by atoms with Gasteiger partial charge in [-0.1, -0.05) is 6.07 Å². The van der Waals surface area contributed by atoms with Crippen molar-refractivity contribution >= 4 is 38.2 Å². The van der Waals surface area contributed by atoms with E-state index in [0.717, 1.165) is 0 Å². The van der Waals surface area contributed by atoms with Gasteiger partial charge in [-0.05, 0) is 47.3 Å². The molecular weight excluding hydrogens is 466 g/mol. The minimum absolute atomic E-state index is 0.0422. The third-order valence-electron chi connectivity index (χ3n) is 6.43. The van der Waals surface area contributed by atoms with Gasteiger partial charge in [0.15, 0.2) is 34.5 Å². The number of hydrogen-bond acceptors (Lipinski definition) is 8. The number of benzene rings is 3. The van der Waals surface area contributed by atoms with Gasteiger partial charge in [0.2, 0.25) is 0 Å². The van der Waals surface area contributed by atoms with Crippen molar-refractivity contribution < 1.29 is 34.3 Å². The molecule has 0 aliphatic carbocycles. The molecule has 3 aromatic carbocycles. The fourth-order valence-electron chi connectivity index (χ4n) is 4.81. The molecule has 0 radical (unpaired) electrons. The van der Waals surface area contributed by atoms with Crippen LogP contribution in [0.25, 0.3) is 49.3 Å². The lowest BCUT2D eigenvalue weighted by molar-refractivity contribution is 0.373. The highest BCUT2D eigenvalue weighted by Gasteiger charge is 2.24. The van der Waals surface area contributed by atoms with E-state index in [-0.39, 0.29) is 45.6 Å². The minimum atomic E-state index is -0.642. The van der Waals surface area contributed by atoms with Gasteiger partial charge in [-0.2, -0.15) is 0 Å². The lowest BCUT2D eigenvalue weighted by Gasteiger charge is -2.10. The standard InChI is InChI=1S/C27H19NO8/c1-34-21-9-14-12(7-18(21)31)5-6-28-25(14)23(13-3-4-16(29)17(30)8-13)24-15-10-22(35-2)19(32)11-20(15)36-27(33)26(24)28/h3-11,29-32H,1-2H3. The molecule has 0 saturated carbocycles. The monoisotopic (exact) mass is 485 g/mol. The van der Waals surface area contributed by atoms with E-state index in [1.807, 2.05) is 0 Å². The molecule has 6 aromatic rings. The lowest BCUT2D eigenvalue weighted by atomic mass is 9.98. The molecule has 180 valence electrons. The van der Waals surface area contributed by atoms with Crippen molar-refractivity contribution in [3.05, 3.63) is 65.1 Å². The van der Waals surface area contributed by atoms with Crippen molar-refractivity contribution in [2.75, 3.05) is 14.2 Å². The second kappa shape index (κ2) is 7.47. The molecule has 0 aliphatic heterocycles. The Bertz CT molecular complexity index is 1930. The zero-order valence-corrected chi connectivity index (χ0v) is 19.1. The predicted octanol–water partition coefficient (Wildman–Crippen LogP) is 4.86. The summed E-state index contributed by atoms with van der Waals surface area (Å²) in [4.78, 5) is 13.3. The Labute approximate surface area is 202 Å². The first-order valence-corrected chi connectivity index (χ1v) is 10.9. The summed E-state index contributed by atoms with van der Waals surface area (Å²) in [7, 11) is 2.86. The SMILES string of the molecule is COc1cc2c(cc1O)oc(=O)c1c2c(-c2ccc(O)c(O)c2)c2c3cc(OC)c(O)cc3ccn21. The van der Waals surface area contributed by atoms with Gasteiger partial charge in [-0.15, -0.1) is 0 Å². The maximum atomic E-state index is 13.3. The van der Waals surface area contributed by atoms with Crippen LogP contribution < -0.4 is 15.1 Å². The Hall–Kier alpha value is -5.05. The Morgan fingerprint density at radius 3 is 2.14 bits per heavy atom. The summed E-state index contributed by atoms with van der Waals surface area (Å²) in [6.45, 7) is 0. The quantitative estimate of drug-likeness (QED) is 0.206. The molecule has 0 fully saturated rings. The molecule has 4 N–H and O–H groups in total. The first kappa shape index (κ1) is 21.5. The number of ether oxygens (including phenoxy) is 2. The number of phenols is 4. The zero-order valence-electron chi connectivity index (χ0n) is 19.1. The van der Waals surface area contributed by atoms with Crippen LogP contribution in [0.5, 0.6) is 34.5 Å². The second-order valence-electron chi connectivity index (χ2n) is 8.36. The van der Waals surface area contributed by atoms with E-state index < -0.39 is 5.63 Å². The molecule has 0 amide bonds. The summed E-state index contributed by atoms with van der Waals surface area (Å²) in [5.74, 6) is -0.435. The van der Waals surface area contributed by atoms with Crippen molar-refractivity contribution in [3.8, 4) is 45.6 Å². The summed E-state index contributed by atoms with van der Waals surface area (Å²) >= 11 is 0. The number of methoxy groups -OCH3 is 2. The summed E-state index contributed by atoms with van der Waals surface area (Å²) < 4.78 is 17.9. The summed E-state index contributed by atoms with van der Waals surface area (Å²) in [6, 6.07) is 12.3. The van der Waals surface area contributed by atoms with E-state index >= 15 is 0 Å². The molecule has 3 aromatic heterocycles. The van der Waals surface area contributed by atoms with Gasteiger partial charge in [0.05, 0.1) is 19.7 Å². The summed E-state index contributed by atoms with van der Waals surface area (Å²) in [5.41, 5.74) is 1.38. The third-order valence-corrected chi connectivity index (χ3v) is 6.43. The highest BCUT2D eigenvalue weighted by molar-refractivity contribution is 6.21. The van der Waals surface area contributed by atoms with Crippen molar-refractivity contribution in [1.29, 1.82) is 0 Å². The Balaban J connectivity index is 1.95. The number of aromatic nitrogens is 1. The number of fused-ring (bicyclic) bond motifs is 7. The van der Waals surface area contributed by atoms with E-state index in [1.54, 1.807) is 40.9 Å². The molecular formula is C27H19NO8. The molecule has 6 rings (SSSR count). The molecule has 0 saturated heterocycles. The fraction of sp³-hybridized carbons (Fsp3) is 0.0741. The van der Waals surface area contributed by atoms with Gasteiger partial charge < -0.3 is 38.7 Å². The molecule has 9 heteroatoms. The molecule has 0 unspecified atom stereocenters. The third kappa shape index (κ3) is 2.86. The highest BCUT2D eigenvalue weighted by Crippen LogP contribution is 2.45. The van der Waals surface area contributed by atoms with Gasteiger partial charge in [-0.3, -0.25) is 0 Å².